The molecule has 0 radical (unpaired) electrons. The zero-order chi connectivity index (χ0) is 24.6. The van der Waals surface area contributed by atoms with Crippen molar-refractivity contribution in [1.82, 2.24) is 4.98 Å². The van der Waals surface area contributed by atoms with E-state index in [9.17, 15) is 8.78 Å². The van der Waals surface area contributed by atoms with Crippen molar-refractivity contribution in [3.8, 4) is 11.5 Å². The molecule has 178 valence electrons. The molecule has 0 saturated carbocycles. The van der Waals surface area contributed by atoms with E-state index in [1.165, 1.54) is 18.3 Å². The molecule has 3 aromatic rings. The largest absolute Gasteiger partial charge is 0.486 e. The molecule has 0 N–H and O–H groups in total. The van der Waals surface area contributed by atoms with Gasteiger partial charge in [-0.05, 0) is 72.6 Å². The molecule has 5 heteroatoms. The Kier molecular flexibility index (Phi) is 6.74. The van der Waals surface area contributed by atoms with Gasteiger partial charge in [0.15, 0.2) is 11.6 Å². The van der Waals surface area contributed by atoms with E-state index in [0.717, 1.165) is 17.5 Å². The maximum absolute atomic E-state index is 14.8. The van der Waals surface area contributed by atoms with Crippen LogP contribution in [0.1, 0.15) is 72.9 Å². The van der Waals surface area contributed by atoms with Crippen LogP contribution in [0.5, 0.6) is 11.5 Å². The number of aromatic nitrogens is 1. The second-order valence-corrected chi connectivity index (χ2v) is 10.9. The van der Waals surface area contributed by atoms with Gasteiger partial charge in [0.25, 0.3) is 0 Å². The molecule has 0 spiro atoms. The molecule has 0 unspecified atom stereocenters. The first kappa shape index (κ1) is 24.9. The summed E-state index contributed by atoms with van der Waals surface area (Å²) in [6, 6.07) is 10.1. The standard InChI is InChI=1S/C28H35F2NO2/c1-9-27(5,6)19-14-22-25(21(30)12-13-31-22)24(16-19)33-28(7,8)17-32-23-15-18(26(2,3)4)10-11-20(23)29/h10-16H,9,17H2,1-8H3. The van der Waals surface area contributed by atoms with Gasteiger partial charge >= 0.3 is 0 Å². The minimum absolute atomic E-state index is 0.0856. The van der Waals surface area contributed by atoms with Gasteiger partial charge in [0.05, 0.1) is 10.9 Å². The molecule has 1 aromatic heterocycles. The normalized spacial score (nSPS) is 12.8. The number of nitrogens with zero attached hydrogens (tertiary/aromatic N) is 1. The van der Waals surface area contributed by atoms with Gasteiger partial charge in [0.2, 0.25) is 0 Å². The number of halogens is 2. The number of benzene rings is 2. The van der Waals surface area contributed by atoms with Gasteiger partial charge < -0.3 is 9.47 Å². The second kappa shape index (κ2) is 8.92. The van der Waals surface area contributed by atoms with Crippen LogP contribution in [-0.4, -0.2) is 17.2 Å². The van der Waals surface area contributed by atoms with Crippen molar-refractivity contribution in [1.29, 1.82) is 0 Å². The van der Waals surface area contributed by atoms with Gasteiger partial charge in [-0.15, -0.1) is 0 Å². The number of ether oxygens (including phenoxy) is 2. The van der Waals surface area contributed by atoms with Gasteiger partial charge in [-0.25, -0.2) is 8.78 Å². The molecule has 0 aliphatic rings. The fraction of sp³-hybridized carbons (Fsp3) is 0.464. The monoisotopic (exact) mass is 455 g/mol. The van der Waals surface area contributed by atoms with Crippen molar-refractivity contribution in [2.75, 3.05) is 6.61 Å². The second-order valence-electron chi connectivity index (χ2n) is 10.9. The van der Waals surface area contributed by atoms with Crippen molar-refractivity contribution in [2.24, 2.45) is 0 Å². The number of rotatable bonds is 7. The smallest absolute Gasteiger partial charge is 0.165 e. The van der Waals surface area contributed by atoms with Crippen molar-refractivity contribution in [3.05, 3.63) is 65.4 Å². The van der Waals surface area contributed by atoms with Gasteiger partial charge in [0.1, 0.15) is 23.8 Å². The summed E-state index contributed by atoms with van der Waals surface area (Å²) in [4.78, 5) is 4.38. The van der Waals surface area contributed by atoms with E-state index < -0.39 is 17.2 Å². The van der Waals surface area contributed by atoms with E-state index >= 15 is 0 Å². The summed E-state index contributed by atoms with van der Waals surface area (Å²) >= 11 is 0. The van der Waals surface area contributed by atoms with E-state index in [1.54, 1.807) is 12.1 Å². The highest BCUT2D eigenvalue weighted by Crippen LogP contribution is 2.37. The first-order valence-corrected chi connectivity index (χ1v) is 11.4. The van der Waals surface area contributed by atoms with Gasteiger partial charge in [-0.3, -0.25) is 4.98 Å². The Bertz CT molecular complexity index is 1150. The van der Waals surface area contributed by atoms with Crippen LogP contribution in [0.25, 0.3) is 10.9 Å². The van der Waals surface area contributed by atoms with Crippen LogP contribution in [0, 0.1) is 11.6 Å². The lowest BCUT2D eigenvalue weighted by Gasteiger charge is -2.30. The van der Waals surface area contributed by atoms with E-state index in [-0.39, 0.29) is 23.2 Å². The van der Waals surface area contributed by atoms with Crippen LogP contribution in [0.15, 0.2) is 42.6 Å². The quantitative estimate of drug-likeness (QED) is 0.365. The zero-order valence-electron chi connectivity index (χ0n) is 21.0. The molecule has 0 amide bonds. The molecular formula is C28H35F2NO2. The lowest BCUT2D eigenvalue weighted by Crippen LogP contribution is -2.36. The Hall–Kier alpha value is -2.69. The fourth-order valence-corrected chi connectivity index (χ4v) is 3.54. The Morgan fingerprint density at radius 1 is 0.818 bits per heavy atom. The Balaban J connectivity index is 1.93. The topological polar surface area (TPSA) is 31.4 Å². The summed E-state index contributed by atoms with van der Waals surface area (Å²) in [6.07, 6.45) is 2.37. The van der Waals surface area contributed by atoms with E-state index in [0.29, 0.717) is 16.7 Å². The molecule has 0 aliphatic carbocycles. The highest BCUT2D eigenvalue weighted by atomic mass is 19.1. The molecule has 3 nitrogen and oxygen atoms in total. The molecule has 0 fully saturated rings. The van der Waals surface area contributed by atoms with Crippen LogP contribution in [0.3, 0.4) is 0 Å². The fourth-order valence-electron chi connectivity index (χ4n) is 3.54. The molecule has 1 heterocycles. The van der Waals surface area contributed by atoms with Crippen molar-refractivity contribution in [3.63, 3.8) is 0 Å². The molecule has 0 bridgehead atoms. The minimum Gasteiger partial charge on any atom is -0.486 e. The Morgan fingerprint density at radius 2 is 1.48 bits per heavy atom. The molecule has 3 rings (SSSR count). The van der Waals surface area contributed by atoms with E-state index in [4.69, 9.17) is 9.47 Å². The first-order valence-electron chi connectivity index (χ1n) is 11.4. The maximum atomic E-state index is 14.8. The predicted octanol–water partition coefficient (Wildman–Crippen LogP) is 7.73. The van der Waals surface area contributed by atoms with Crippen LogP contribution < -0.4 is 9.47 Å². The summed E-state index contributed by atoms with van der Waals surface area (Å²) in [7, 11) is 0. The molecule has 0 saturated heterocycles. The lowest BCUT2D eigenvalue weighted by atomic mass is 9.81. The van der Waals surface area contributed by atoms with Crippen LogP contribution in [0.2, 0.25) is 0 Å². The van der Waals surface area contributed by atoms with Crippen LogP contribution in [0.4, 0.5) is 8.78 Å². The average molecular weight is 456 g/mol. The molecular weight excluding hydrogens is 420 g/mol. The molecule has 33 heavy (non-hydrogen) atoms. The maximum Gasteiger partial charge on any atom is 0.165 e. The number of hydrogen-bond donors (Lipinski definition) is 0. The Morgan fingerprint density at radius 3 is 2.12 bits per heavy atom. The third kappa shape index (κ3) is 5.63. The summed E-state index contributed by atoms with van der Waals surface area (Å²) in [6.45, 7) is 16.4. The van der Waals surface area contributed by atoms with Gasteiger partial charge in [0, 0.05) is 6.20 Å². The third-order valence-electron chi connectivity index (χ3n) is 6.18. The molecule has 0 atom stereocenters. The minimum atomic E-state index is -0.853. The number of pyridine rings is 1. The number of hydrogen-bond acceptors (Lipinski definition) is 3. The molecule has 2 aromatic carbocycles. The van der Waals surface area contributed by atoms with Crippen LogP contribution in [-0.2, 0) is 10.8 Å². The van der Waals surface area contributed by atoms with Crippen molar-refractivity contribution < 1.29 is 18.3 Å². The summed E-state index contributed by atoms with van der Waals surface area (Å²) in [5, 5.41) is 0.335. The number of fused-ring (bicyclic) bond motifs is 1. The lowest BCUT2D eigenvalue weighted by molar-refractivity contribution is 0.0516. The van der Waals surface area contributed by atoms with E-state index in [2.05, 4.69) is 46.5 Å². The van der Waals surface area contributed by atoms with Crippen molar-refractivity contribution in [2.45, 2.75) is 78.2 Å². The first-order chi connectivity index (χ1) is 15.2. The Labute approximate surface area is 196 Å². The summed E-state index contributed by atoms with van der Waals surface area (Å²) in [5.41, 5.74) is 1.43. The van der Waals surface area contributed by atoms with Crippen LogP contribution >= 0.6 is 0 Å². The SMILES string of the molecule is CCC(C)(C)c1cc(OC(C)(C)COc2cc(C(C)(C)C)ccc2F)c2c(F)ccnc2c1. The molecule has 0 aliphatic heterocycles. The van der Waals surface area contributed by atoms with Gasteiger partial charge in [-0.1, -0.05) is 47.6 Å². The van der Waals surface area contributed by atoms with E-state index in [1.807, 2.05) is 26.0 Å². The average Bonchev–Trinajstić information content (AvgIpc) is 2.72. The van der Waals surface area contributed by atoms with Gasteiger partial charge in [-0.2, -0.15) is 0 Å². The predicted molar refractivity (Wildman–Crippen MR) is 130 cm³/mol. The zero-order valence-corrected chi connectivity index (χ0v) is 21.0. The third-order valence-corrected chi connectivity index (χ3v) is 6.18. The summed E-state index contributed by atoms with van der Waals surface area (Å²) in [5.74, 6) is -0.229. The highest BCUT2D eigenvalue weighted by molar-refractivity contribution is 5.86. The van der Waals surface area contributed by atoms with Crippen molar-refractivity contribution >= 4 is 10.9 Å². The summed E-state index contributed by atoms with van der Waals surface area (Å²) < 4.78 is 41.4. The highest BCUT2D eigenvalue weighted by Gasteiger charge is 2.27.